The van der Waals surface area contributed by atoms with E-state index in [1.165, 1.54) is 0 Å². The molecule has 2 N–H and O–H groups in total. The number of rotatable bonds is 3. The van der Waals surface area contributed by atoms with Crippen molar-refractivity contribution in [2.45, 2.75) is 64.5 Å². The van der Waals surface area contributed by atoms with Crippen molar-refractivity contribution in [3.05, 3.63) is 65.4 Å². The van der Waals surface area contributed by atoms with Gasteiger partial charge >= 0.3 is 6.03 Å². The molecule has 2 aliphatic carbocycles. The molecule has 1 heterocycles. The molecular formula is C28H33N3O3. The van der Waals surface area contributed by atoms with E-state index in [1.54, 1.807) is 12.0 Å². The number of para-hydroxylation sites is 2. The van der Waals surface area contributed by atoms with Gasteiger partial charge in [-0.05, 0) is 54.5 Å². The molecule has 2 aromatic rings. The number of amides is 2. The lowest BCUT2D eigenvalue weighted by atomic mass is 9.73. The summed E-state index contributed by atoms with van der Waals surface area (Å²) in [6, 6.07) is 15.0. The monoisotopic (exact) mass is 459 g/mol. The number of methoxy groups -OCH3 is 1. The van der Waals surface area contributed by atoms with Crippen LogP contribution in [-0.4, -0.2) is 25.0 Å². The Hall–Kier alpha value is -3.28. The maximum Gasteiger partial charge on any atom is 0.323 e. The third kappa shape index (κ3) is 4.17. The summed E-state index contributed by atoms with van der Waals surface area (Å²) in [5.41, 5.74) is 3.95. The minimum absolute atomic E-state index is 0.0889. The number of carbonyl (C=O) groups excluding carboxylic acids is 2. The summed E-state index contributed by atoms with van der Waals surface area (Å²) in [5, 5.41) is 6.83. The number of carbonyl (C=O) groups is 2. The summed E-state index contributed by atoms with van der Waals surface area (Å²) in [6.45, 7) is 4.25. The second-order valence-electron chi connectivity index (χ2n) is 10.5. The van der Waals surface area contributed by atoms with Crippen LogP contribution in [0.4, 0.5) is 16.2 Å². The Bertz CT molecular complexity index is 1130. The van der Waals surface area contributed by atoms with Gasteiger partial charge in [-0.3, -0.25) is 9.69 Å². The molecule has 1 atom stereocenters. The van der Waals surface area contributed by atoms with Gasteiger partial charge < -0.3 is 15.4 Å². The van der Waals surface area contributed by atoms with Crippen LogP contribution in [0.15, 0.2) is 59.8 Å². The largest absolute Gasteiger partial charge is 0.497 e. The van der Waals surface area contributed by atoms with Crippen molar-refractivity contribution >= 4 is 23.2 Å². The maximum absolute atomic E-state index is 13.9. The van der Waals surface area contributed by atoms with Crippen LogP contribution in [0.5, 0.6) is 5.75 Å². The predicted octanol–water partition coefficient (Wildman–Crippen LogP) is 5.96. The van der Waals surface area contributed by atoms with E-state index in [0.717, 1.165) is 60.5 Å². The molecule has 1 fully saturated rings. The van der Waals surface area contributed by atoms with E-state index < -0.39 is 6.04 Å². The molecule has 6 heteroatoms. The van der Waals surface area contributed by atoms with E-state index >= 15 is 0 Å². The van der Waals surface area contributed by atoms with E-state index in [2.05, 4.69) is 24.5 Å². The van der Waals surface area contributed by atoms with Gasteiger partial charge in [0.05, 0.1) is 24.5 Å². The highest BCUT2D eigenvalue weighted by Gasteiger charge is 2.43. The van der Waals surface area contributed by atoms with Gasteiger partial charge in [0.2, 0.25) is 0 Å². The van der Waals surface area contributed by atoms with Gasteiger partial charge in [0.25, 0.3) is 0 Å². The van der Waals surface area contributed by atoms with Crippen LogP contribution >= 0.6 is 0 Å². The van der Waals surface area contributed by atoms with Crippen molar-refractivity contribution < 1.29 is 14.3 Å². The first-order valence-electron chi connectivity index (χ1n) is 12.2. The third-order valence-corrected chi connectivity index (χ3v) is 7.23. The normalized spacial score (nSPS) is 21.9. The molecule has 0 spiro atoms. The number of ketones is 1. The van der Waals surface area contributed by atoms with Crippen LogP contribution < -0.4 is 20.3 Å². The number of hydrogen-bond acceptors (Lipinski definition) is 4. The molecule has 1 saturated carbocycles. The fourth-order valence-electron chi connectivity index (χ4n) is 5.63. The van der Waals surface area contributed by atoms with Crippen molar-refractivity contribution in [3.63, 3.8) is 0 Å². The van der Waals surface area contributed by atoms with Crippen molar-refractivity contribution in [1.82, 2.24) is 5.32 Å². The van der Waals surface area contributed by atoms with Gasteiger partial charge in [-0.2, -0.15) is 0 Å². The number of nitrogens with zero attached hydrogens (tertiary/aromatic N) is 1. The molecule has 1 aliphatic heterocycles. The molecule has 0 aromatic heterocycles. The molecule has 1 unspecified atom stereocenters. The lowest BCUT2D eigenvalue weighted by molar-refractivity contribution is -0.118. The first-order valence-corrected chi connectivity index (χ1v) is 12.2. The number of nitrogens with one attached hydrogen (secondary N) is 2. The maximum atomic E-state index is 13.9. The standard InChI is InChI=1S/C28H33N3O3/c1-28(2)16-22-25(24(32)17-28)26(18-12-14-20(34-3)15-13-18)31(23-11-7-6-10-21(23)30-22)27(33)29-19-8-4-5-9-19/h6-7,10-15,19,26,30H,4-5,8-9,16-17H2,1-3H3,(H,29,33). The van der Waals surface area contributed by atoms with Crippen LogP contribution in [0.25, 0.3) is 0 Å². The van der Waals surface area contributed by atoms with Gasteiger partial charge in [-0.1, -0.05) is 51.0 Å². The first-order chi connectivity index (χ1) is 16.4. The van der Waals surface area contributed by atoms with Gasteiger partial charge in [0, 0.05) is 23.7 Å². The highest BCUT2D eigenvalue weighted by atomic mass is 16.5. The Kier molecular flexibility index (Phi) is 5.84. The molecule has 3 aliphatic rings. The van der Waals surface area contributed by atoms with E-state index in [4.69, 9.17) is 4.74 Å². The Labute approximate surface area is 201 Å². The summed E-state index contributed by atoms with van der Waals surface area (Å²) >= 11 is 0. The molecule has 0 radical (unpaired) electrons. The lowest BCUT2D eigenvalue weighted by Gasteiger charge is -2.37. The number of ether oxygens (including phenoxy) is 1. The van der Waals surface area contributed by atoms with E-state index in [1.807, 2.05) is 48.5 Å². The number of fused-ring (bicyclic) bond motifs is 1. The van der Waals surface area contributed by atoms with E-state index in [-0.39, 0.29) is 23.3 Å². The molecular weight excluding hydrogens is 426 g/mol. The van der Waals surface area contributed by atoms with Crippen molar-refractivity contribution in [1.29, 1.82) is 0 Å². The fraction of sp³-hybridized carbons (Fsp3) is 0.429. The Morgan fingerprint density at radius 2 is 1.76 bits per heavy atom. The number of Topliss-reactive ketones (excluding diaryl/α,β-unsaturated/α-hetero) is 1. The van der Waals surface area contributed by atoms with Gasteiger partial charge in [-0.25, -0.2) is 4.79 Å². The molecule has 178 valence electrons. The highest BCUT2D eigenvalue weighted by molar-refractivity contribution is 6.06. The zero-order valence-electron chi connectivity index (χ0n) is 20.2. The lowest BCUT2D eigenvalue weighted by Crippen LogP contribution is -2.47. The zero-order valence-corrected chi connectivity index (χ0v) is 20.2. The number of hydrogen-bond donors (Lipinski definition) is 2. The van der Waals surface area contributed by atoms with Crippen molar-refractivity contribution in [2.75, 3.05) is 17.3 Å². The van der Waals surface area contributed by atoms with Crippen LogP contribution in [-0.2, 0) is 4.79 Å². The van der Waals surface area contributed by atoms with Crippen molar-refractivity contribution in [3.8, 4) is 5.75 Å². The first kappa shape index (κ1) is 22.5. The Morgan fingerprint density at radius 3 is 2.47 bits per heavy atom. The molecule has 0 saturated heterocycles. The minimum atomic E-state index is -0.526. The number of anilines is 2. The number of benzene rings is 2. The van der Waals surface area contributed by atoms with Crippen LogP contribution in [0.3, 0.4) is 0 Å². The second kappa shape index (κ2) is 8.82. The van der Waals surface area contributed by atoms with Crippen LogP contribution in [0.2, 0.25) is 0 Å². The predicted molar refractivity (Wildman–Crippen MR) is 134 cm³/mol. The summed E-state index contributed by atoms with van der Waals surface area (Å²) < 4.78 is 5.37. The zero-order chi connectivity index (χ0) is 23.9. The molecule has 6 nitrogen and oxygen atoms in total. The number of allylic oxidation sites excluding steroid dienone is 1. The second-order valence-corrected chi connectivity index (χ2v) is 10.5. The average Bonchev–Trinajstić information content (AvgIpc) is 3.26. The quantitative estimate of drug-likeness (QED) is 0.594. The highest BCUT2D eigenvalue weighted by Crippen LogP contribution is 2.48. The van der Waals surface area contributed by atoms with Gasteiger partial charge in [0.1, 0.15) is 5.75 Å². The summed E-state index contributed by atoms with van der Waals surface area (Å²) in [7, 11) is 1.63. The molecule has 2 amide bonds. The van der Waals surface area contributed by atoms with Gasteiger partial charge in [0.15, 0.2) is 5.78 Å². The third-order valence-electron chi connectivity index (χ3n) is 7.23. The minimum Gasteiger partial charge on any atom is -0.497 e. The number of urea groups is 1. The topological polar surface area (TPSA) is 70.7 Å². The average molecular weight is 460 g/mol. The molecule has 2 aromatic carbocycles. The Morgan fingerprint density at radius 1 is 1.06 bits per heavy atom. The fourth-order valence-corrected chi connectivity index (χ4v) is 5.63. The van der Waals surface area contributed by atoms with Gasteiger partial charge in [-0.15, -0.1) is 0 Å². The van der Waals surface area contributed by atoms with E-state index in [0.29, 0.717) is 12.0 Å². The van der Waals surface area contributed by atoms with Crippen LogP contribution in [0.1, 0.15) is 64.0 Å². The Balaban J connectivity index is 1.69. The summed E-state index contributed by atoms with van der Waals surface area (Å²) in [5.74, 6) is 0.828. The molecule has 5 rings (SSSR count). The molecule has 34 heavy (non-hydrogen) atoms. The summed E-state index contributed by atoms with van der Waals surface area (Å²) in [4.78, 5) is 29.4. The van der Waals surface area contributed by atoms with Crippen LogP contribution in [0, 0.1) is 5.41 Å². The molecule has 0 bridgehead atoms. The SMILES string of the molecule is COc1ccc(C2C3=C(CC(C)(C)CC3=O)Nc3ccccc3N2C(=O)NC2CCCC2)cc1. The summed E-state index contributed by atoms with van der Waals surface area (Å²) in [6.07, 6.45) is 5.45. The van der Waals surface area contributed by atoms with E-state index in [9.17, 15) is 9.59 Å². The van der Waals surface area contributed by atoms with Crippen molar-refractivity contribution in [2.24, 2.45) is 5.41 Å². The smallest absolute Gasteiger partial charge is 0.323 e.